The van der Waals surface area contributed by atoms with Gasteiger partial charge in [-0.1, -0.05) is 42.5 Å². The number of hydrazone groups is 1. The molecule has 7 nitrogen and oxygen atoms in total. The Morgan fingerprint density at radius 1 is 0.906 bits per heavy atom. The molecule has 0 saturated carbocycles. The number of nitrogens with zero attached hydrogens (tertiary/aromatic N) is 2. The lowest BCUT2D eigenvalue weighted by atomic mass is 10.1. The molecule has 0 aromatic heterocycles. The maximum absolute atomic E-state index is 12.8. The van der Waals surface area contributed by atoms with Crippen LogP contribution < -0.4 is 15.6 Å². The van der Waals surface area contributed by atoms with E-state index in [0.29, 0.717) is 11.1 Å². The molecule has 0 aliphatic heterocycles. The van der Waals surface area contributed by atoms with Gasteiger partial charge in [0.15, 0.2) is 0 Å². The molecule has 0 atom stereocenters. The van der Waals surface area contributed by atoms with E-state index in [1.54, 1.807) is 42.5 Å². The molecule has 3 aromatic carbocycles. The Kier molecular flexibility index (Phi) is 7.37. The van der Waals surface area contributed by atoms with Crippen molar-refractivity contribution in [2.45, 2.75) is 0 Å². The molecule has 3 rings (SSSR count). The third-order valence-electron chi connectivity index (χ3n) is 4.50. The van der Waals surface area contributed by atoms with Crippen molar-refractivity contribution in [3.05, 3.63) is 101 Å². The summed E-state index contributed by atoms with van der Waals surface area (Å²) in [6, 6.07) is 22.6. The van der Waals surface area contributed by atoms with Gasteiger partial charge < -0.3 is 15.3 Å². The highest BCUT2D eigenvalue weighted by Gasteiger charge is 2.14. The molecule has 0 unspecified atom stereocenters. The van der Waals surface area contributed by atoms with Gasteiger partial charge in [0.25, 0.3) is 11.8 Å². The molecule has 0 heterocycles. The van der Waals surface area contributed by atoms with E-state index in [1.807, 2.05) is 49.3 Å². The first-order chi connectivity index (χ1) is 15.4. The molecule has 0 bridgehead atoms. The fourth-order valence-corrected chi connectivity index (χ4v) is 2.81. The minimum Gasteiger partial charge on any atom is -0.508 e. The minimum atomic E-state index is -0.581. The average molecular weight is 428 g/mol. The summed E-state index contributed by atoms with van der Waals surface area (Å²) >= 11 is 0. The van der Waals surface area contributed by atoms with Gasteiger partial charge in [0.05, 0.1) is 6.21 Å². The molecule has 162 valence electrons. The van der Waals surface area contributed by atoms with Crippen LogP contribution in [0.4, 0.5) is 5.69 Å². The van der Waals surface area contributed by atoms with Crippen molar-refractivity contribution < 1.29 is 14.7 Å². The molecule has 7 heteroatoms. The van der Waals surface area contributed by atoms with E-state index in [0.717, 1.165) is 11.3 Å². The first-order valence-electron chi connectivity index (χ1n) is 9.90. The molecule has 0 radical (unpaired) electrons. The maximum atomic E-state index is 12.8. The van der Waals surface area contributed by atoms with Gasteiger partial charge in [-0.15, -0.1) is 0 Å². The Bertz CT molecular complexity index is 1140. The normalized spacial score (nSPS) is 11.2. The third-order valence-corrected chi connectivity index (χ3v) is 4.50. The summed E-state index contributed by atoms with van der Waals surface area (Å²) in [5, 5.41) is 16.1. The second kappa shape index (κ2) is 10.6. The van der Waals surface area contributed by atoms with Crippen molar-refractivity contribution in [2.24, 2.45) is 5.10 Å². The molecule has 2 amide bonds. The van der Waals surface area contributed by atoms with Gasteiger partial charge in [-0.25, -0.2) is 5.43 Å². The second-order valence-electron chi connectivity index (χ2n) is 7.16. The van der Waals surface area contributed by atoms with Crippen LogP contribution in [-0.4, -0.2) is 37.2 Å². The van der Waals surface area contributed by atoms with Gasteiger partial charge in [-0.3, -0.25) is 9.59 Å². The highest BCUT2D eigenvalue weighted by molar-refractivity contribution is 6.05. The number of phenols is 1. The van der Waals surface area contributed by atoms with Crippen LogP contribution in [0.1, 0.15) is 21.5 Å². The highest BCUT2D eigenvalue weighted by Crippen LogP contribution is 2.15. The van der Waals surface area contributed by atoms with Crippen LogP contribution in [0.15, 0.2) is 89.7 Å². The molecule has 0 aliphatic rings. The van der Waals surface area contributed by atoms with Crippen LogP contribution in [0.3, 0.4) is 0 Å². The smallest absolute Gasteiger partial charge is 0.287 e. The van der Waals surface area contributed by atoms with Gasteiger partial charge in [-0.2, -0.15) is 5.10 Å². The zero-order valence-electron chi connectivity index (χ0n) is 17.8. The molecule has 0 saturated heterocycles. The lowest BCUT2D eigenvalue weighted by molar-refractivity contribution is -0.117. The average Bonchev–Trinajstić information content (AvgIpc) is 2.79. The van der Waals surface area contributed by atoms with Crippen LogP contribution in [0.5, 0.6) is 5.75 Å². The van der Waals surface area contributed by atoms with Crippen LogP contribution >= 0.6 is 0 Å². The highest BCUT2D eigenvalue weighted by atomic mass is 16.3. The monoisotopic (exact) mass is 428 g/mol. The molecular formula is C25H24N4O3. The quantitative estimate of drug-likeness (QED) is 0.306. The van der Waals surface area contributed by atoms with Gasteiger partial charge in [0, 0.05) is 25.3 Å². The minimum absolute atomic E-state index is 0.0458. The van der Waals surface area contributed by atoms with Crippen LogP contribution in [0.2, 0.25) is 0 Å². The summed E-state index contributed by atoms with van der Waals surface area (Å²) in [6.07, 6.45) is 2.99. The van der Waals surface area contributed by atoms with Crippen molar-refractivity contribution in [1.29, 1.82) is 0 Å². The van der Waals surface area contributed by atoms with Crippen molar-refractivity contribution in [1.82, 2.24) is 10.7 Å². The number of carbonyl (C=O) groups excluding carboxylic acids is 2. The molecule has 0 fully saturated rings. The Hall–Kier alpha value is -4.39. The zero-order valence-corrected chi connectivity index (χ0v) is 17.8. The number of nitrogens with one attached hydrogen (secondary N) is 2. The number of carbonyl (C=O) groups is 2. The largest absolute Gasteiger partial charge is 0.508 e. The van der Waals surface area contributed by atoms with E-state index in [-0.39, 0.29) is 11.4 Å². The number of rotatable bonds is 7. The summed E-state index contributed by atoms with van der Waals surface area (Å²) in [4.78, 5) is 27.4. The SMILES string of the molecule is CN(C)c1ccc(/C=C(/NC(=O)c2ccccc2)C(=O)N/N=C/c2cccc(O)c2)cc1. The first kappa shape index (κ1) is 22.3. The zero-order chi connectivity index (χ0) is 22.9. The standard InChI is InChI=1S/C25H24N4O3/c1-29(2)21-13-11-18(12-14-21)16-23(27-24(31)20-8-4-3-5-9-20)25(32)28-26-17-19-7-6-10-22(30)15-19/h3-17,30H,1-2H3,(H,27,31)(H,28,32)/b23-16+,26-17+. The van der Waals surface area contributed by atoms with Gasteiger partial charge >= 0.3 is 0 Å². The van der Waals surface area contributed by atoms with E-state index in [4.69, 9.17) is 0 Å². The summed E-state index contributed by atoms with van der Waals surface area (Å²) in [5.41, 5.74) is 5.26. The van der Waals surface area contributed by atoms with Gasteiger partial charge in [0.2, 0.25) is 0 Å². The van der Waals surface area contributed by atoms with Crippen LogP contribution in [0, 0.1) is 0 Å². The van der Waals surface area contributed by atoms with Crippen LogP contribution in [0.25, 0.3) is 6.08 Å². The summed E-state index contributed by atoms with van der Waals surface area (Å²) in [5.74, 6) is -0.895. The van der Waals surface area contributed by atoms with Crippen molar-refractivity contribution in [2.75, 3.05) is 19.0 Å². The predicted molar refractivity (Wildman–Crippen MR) is 126 cm³/mol. The van der Waals surface area contributed by atoms with E-state index in [9.17, 15) is 14.7 Å². The number of anilines is 1. The van der Waals surface area contributed by atoms with Crippen molar-refractivity contribution >= 4 is 29.8 Å². The fraction of sp³-hybridized carbons (Fsp3) is 0.0800. The number of hydrogen-bond donors (Lipinski definition) is 3. The van der Waals surface area contributed by atoms with E-state index in [1.165, 1.54) is 18.3 Å². The Morgan fingerprint density at radius 2 is 1.62 bits per heavy atom. The number of benzene rings is 3. The summed E-state index contributed by atoms with van der Waals surface area (Å²) in [6.45, 7) is 0. The second-order valence-corrected chi connectivity index (χ2v) is 7.16. The Labute approximate surface area is 186 Å². The summed E-state index contributed by atoms with van der Waals surface area (Å²) < 4.78 is 0. The van der Waals surface area contributed by atoms with Gasteiger partial charge in [-0.05, 0) is 53.6 Å². The van der Waals surface area contributed by atoms with Crippen molar-refractivity contribution in [3.8, 4) is 5.75 Å². The van der Waals surface area contributed by atoms with E-state index >= 15 is 0 Å². The maximum Gasteiger partial charge on any atom is 0.287 e. The molecule has 3 N–H and O–H groups in total. The molecule has 0 aliphatic carbocycles. The van der Waals surface area contributed by atoms with Crippen LogP contribution in [-0.2, 0) is 4.79 Å². The summed E-state index contributed by atoms with van der Waals surface area (Å²) in [7, 11) is 3.88. The Balaban J connectivity index is 1.81. The number of hydrogen-bond acceptors (Lipinski definition) is 5. The third kappa shape index (κ3) is 6.30. The molecular weight excluding hydrogens is 404 g/mol. The molecule has 3 aromatic rings. The van der Waals surface area contributed by atoms with Gasteiger partial charge in [0.1, 0.15) is 11.4 Å². The van der Waals surface area contributed by atoms with Crippen molar-refractivity contribution in [3.63, 3.8) is 0 Å². The molecule has 0 spiro atoms. The number of aromatic hydroxyl groups is 1. The lowest BCUT2D eigenvalue weighted by Crippen LogP contribution is -2.32. The Morgan fingerprint density at radius 3 is 2.28 bits per heavy atom. The predicted octanol–water partition coefficient (Wildman–Crippen LogP) is 3.38. The first-order valence-corrected chi connectivity index (χ1v) is 9.90. The number of amides is 2. The number of phenolic OH excluding ortho intramolecular Hbond substituents is 1. The lowest BCUT2D eigenvalue weighted by Gasteiger charge is -2.12. The fourth-order valence-electron chi connectivity index (χ4n) is 2.81. The van der Waals surface area contributed by atoms with E-state index < -0.39 is 11.8 Å². The topological polar surface area (TPSA) is 94.0 Å². The molecule has 32 heavy (non-hydrogen) atoms. The van der Waals surface area contributed by atoms with E-state index in [2.05, 4.69) is 15.8 Å².